The summed E-state index contributed by atoms with van der Waals surface area (Å²) in [6.45, 7) is 9.14. The van der Waals surface area contributed by atoms with E-state index in [0.29, 0.717) is 24.6 Å². The van der Waals surface area contributed by atoms with Gasteiger partial charge in [0.1, 0.15) is 17.5 Å². The summed E-state index contributed by atoms with van der Waals surface area (Å²) in [7, 11) is 0. The second-order valence-electron chi connectivity index (χ2n) is 9.85. The maximum atomic E-state index is 13.3. The number of aryl methyl sites for hydroxylation is 3. The zero-order valence-corrected chi connectivity index (χ0v) is 20.9. The van der Waals surface area contributed by atoms with Gasteiger partial charge in [0.2, 0.25) is 0 Å². The second kappa shape index (κ2) is 9.76. The molecule has 1 amide bonds. The van der Waals surface area contributed by atoms with Crippen LogP contribution in [0.25, 0.3) is 0 Å². The van der Waals surface area contributed by atoms with Crippen LogP contribution in [0.2, 0.25) is 0 Å². The van der Waals surface area contributed by atoms with Crippen molar-refractivity contribution in [1.29, 1.82) is 0 Å². The highest BCUT2D eigenvalue weighted by Gasteiger charge is 2.31. The predicted octanol–water partition coefficient (Wildman–Crippen LogP) is 5.23. The van der Waals surface area contributed by atoms with Gasteiger partial charge in [-0.2, -0.15) is 0 Å². The number of hydrogen-bond donors (Lipinski definition) is 0. The van der Waals surface area contributed by atoms with Gasteiger partial charge in [0.05, 0.1) is 0 Å². The quantitative estimate of drug-likeness (QED) is 0.493. The van der Waals surface area contributed by atoms with E-state index in [1.807, 2.05) is 4.90 Å². The van der Waals surface area contributed by atoms with E-state index in [9.17, 15) is 9.18 Å². The lowest BCUT2D eigenvalue weighted by Gasteiger charge is -2.37. The molecule has 35 heavy (non-hydrogen) atoms. The first-order valence-electron chi connectivity index (χ1n) is 12.7. The van der Waals surface area contributed by atoms with Gasteiger partial charge in [-0.15, -0.1) is 0 Å². The fourth-order valence-electron chi connectivity index (χ4n) is 4.87. The molecular formula is C29H33FN4O. The Hall–Kier alpha value is -3.28. The molecule has 1 saturated heterocycles. The molecule has 2 fully saturated rings. The first-order chi connectivity index (χ1) is 16.9. The second-order valence-corrected chi connectivity index (χ2v) is 9.85. The molecule has 0 spiro atoms. The number of aromatic nitrogens is 2. The third-order valence-corrected chi connectivity index (χ3v) is 7.20. The minimum Gasteiger partial charge on any atom is -0.353 e. The Morgan fingerprint density at radius 3 is 2.37 bits per heavy atom. The minimum atomic E-state index is -0.329. The van der Waals surface area contributed by atoms with Crippen molar-refractivity contribution < 1.29 is 9.18 Å². The van der Waals surface area contributed by atoms with Crippen molar-refractivity contribution in [3.05, 3.63) is 87.6 Å². The Bertz CT molecular complexity index is 1230. The molecule has 0 unspecified atom stereocenters. The monoisotopic (exact) mass is 472 g/mol. The van der Waals surface area contributed by atoms with Crippen molar-refractivity contribution >= 4 is 11.7 Å². The molecule has 1 saturated carbocycles. The van der Waals surface area contributed by atoms with Gasteiger partial charge in [-0.3, -0.25) is 4.79 Å². The first kappa shape index (κ1) is 23.5. The van der Waals surface area contributed by atoms with E-state index in [1.54, 1.807) is 12.1 Å². The van der Waals surface area contributed by atoms with Gasteiger partial charge in [0.15, 0.2) is 0 Å². The summed E-state index contributed by atoms with van der Waals surface area (Å²) in [6, 6.07) is 12.4. The largest absolute Gasteiger partial charge is 0.353 e. The van der Waals surface area contributed by atoms with Crippen LogP contribution in [0.1, 0.15) is 69.8 Å². The van der Waals surface area contributed by atoms with Gasteiger partial charge < -0.3 is 9.80 Å². The van der Waals surface area contributed by atoms with Crippen LogP contribution in [0.4, 0.5) is 10.2 Å². The van der Waals surface area contributed by atoms with Crippen LogP contribution in [-0.2, 0) is 12.8 Å². The molecule has 0 radical (unpaired) electrons. The molecule has 0 N–H and O–H groups in total. The molecule has 0 bridgehead atoms. The first-order valence-corrected chi connectivity index (χ1v) is 12.7. The highest BCUT2D eigenvalue weighted by atomic mass is 19.1. The molecule has 3 aromatic rings. The van der Waals surface area contributed by atoms with Crippen molar-refractivity contribution in [3.8, 4) is 0 Å². The van der Waals surface area contributed by atoms with Crippen LogP contribution < -0.4 is 4.90 Å². The lowest BCUT2D eigenvalue weighted by Crippen LogP contribution is -2.49. The minimum absolute atomic E-state index is 0.0455. The zero-order chi connectivity index (χ0) is 24.5. The summed E-state index contributed by atoms with van der Waals surface area (Å²) in [5.41, 5.74) is 6.74. The number of anilines is 1. The lowest BCUT2D eigenvalue weighted by atomic mass is 9.96. The van der Waals surface area contributed by atoms with Crippen molar-refractivity contribution in [1.82, 2.24) is 14.9 Å². The van der Waals surface area contributed by atoms with E-state index >= 15 is 0 Å². The molecule has 2 heterocycles. The standard InChI is InChI=1S/C29H33FN4O/c1-4-26-25(18-23-17-19(2)5-6-20(23)3)28(32-27(31-26)21-7-8-21)33-13-15-34(16-14-33)29(35)22-9-11-24(30)12-10-22/h5-6,9-12,17,21H,4,7-8,13-16,18H2,1-3H3. The number of carbonyl (C=O) groups excluding carboxylic acids is 1. The van der Waals surface area contributed by atoms with Gasteiger partial charge in [-0.1, -0.05) is 30.7 Å². The van der Waals surface area contributed by atoms with E-state index in [2.05, 4.69) is 43.9 Å². The Morgan fingerprint density at radius 1 is 1.00 bits per heavy atom. The van der Waals surface area contributed by atoms with Gasteiger partial charge in [-0.25, -0.2) is 14.4 Å². The van der Waals surface area contributed by atoms with Crippen LogP contribution in [-0.4, -0.2) is 47.0 Å². The molecule has 1 aliphatic heterocycles. The van der Waals surface area contributed by atoms with Crippen LogP contribution in [0, 0.1) is 19.7 Å². The third-order valence-electron chi connectivity index (χ3n) is 7.20. The van der Waals surface area contributed by atoms with Crippen LogP contribution in [0.3, 0.4) is 0 Å². The average molecular weight is 473 g/mol. The van der Waals surface area contributed by atoms with Crippen molar-refractivity contribution in [3.63, 3.8) is 0 Å². The highest BCUT2D eigenvalue weighted by Crippen LogP contribution is 2.40. The van der Waals surface area contributed by atoms with Gasteiger partial charge in [-0.05, 0) is 68.5 Å². The van der Waals surface area contributed by atoms with Crippen LogP contribution in [0.5, 0.6) is 0 Å². The number of nitrogens with zero attached hydrogens (tertiary/aromatic N) is 4. The number of amides is 1. The number of hydrogen-bond acceptors (Lipinski definition) is 4. The lowest BCUT2D eigenvalue weighted by molar-refractivity contribution is 0.0746. The molecule has 5 rings (SSSR count). The topological polar surface area (TPSA) is 49.3 Å². The van der Waals surface area contributed by atoms with E-state index < -0.39 is 0 Å². The Labute approximate surface area is 207 Å². The number of halogens is 1. The summed E-state index contributed by atoms with van der Waals surface area (Å²) in [5, 5.41) is 0. The summed E-state index contributed by atoms with van der Waals surface area (Å²) >= 11 is 0. The normalized spacial score (nSPS) is 16.0. The number of carbonyl (C=O) groups is 1. The molecule has 2 aliphatic rings. The third kappa shape index (κ3) is 5.07. The fraction of sp³-hybridized carbons (Fsp3) is 0.414. The maximum absolute atomic E-state index is 13.3. The number of piperazine rings is 1. The van der Waals surface area contributed by atoms with Gasteiger partial charge >= 0.3 is 0 Å². The molecule has 5 nitrogen and oxygen atoms in total. The molecular weight excluding hydrogens is 439 g/mol. The van der Waals surface area contributed by atoms with Crippen molar-refractivity contribution in [2.45, 2.75) is 52.4 Å². The SMILES string of the molecule is CCc1nc(C2CC2)nc(N2CCN(C(=O)c3ccc(F)cc3)CC2)c1Cc1cc(C)ccc1C. The van der Waals surface area contributed by atoms with E-state index in [0.717, 1.165) is 43.3 Å². The molecule has 2 aromatic carbocycles. The van der Waals surface area contributed by atoms with E-state index in [4.69, 9.17) is 9.97 Å². The fourth-order valence-corrected chi connectivity index (χ4v) is 4.87. The summed E-state index contributed by atoms with van der Waals surface area (Å²) in [5.74, 6) is 2.12. The van der Waals surface area contributed by atoms with Crippen molar-refractivity contribution in [2.24, 2.45) is 0 Å². The summed E-state index contributed by atoms with van der Waals surface area (Å²) in [4.78, 5) is 27.3. The van der Waals surface area contributed by atoms with Crippen LogP contribution in [0.15, 0.2) is 42.5 Å². The number of rotatable bonds is 6. The molecule has 6 heteroatoms. The molecule has 1 aromatic heterocycles. The Balaban J connectivity index is 1.42. The predicted molar refractivity (Wildman–Crippen MR) is 137 cm³/mol. The molecule has 182 valence electrons. The molecule has 0 atom stereocenters. The highest BCUT2D eigenvalue weighted by molar-refractivity contribution is 5.94. The smallest absolute Gasteiger partial charge is 0.253 e. The van der Waals surface area contributed by atoms with Crippen LogP contribution >= 0.6 is 0 Å². The Morgan fingerprint density at radius 2 is 1.71 bits per heavy atom. The van der Waals surface area contributed by atoms with E-state index in [1.165, 1.54) is 47.2 Å². The summed E-state index contributed by atoms with van der Waals surface area (Å²) in [6.07, 6.45) is 4.02. The molecule has 1 aliphatic carbocycles. The zero-order valence-electron chi connectivity index (χ0n) is 20.9. The van der Waals surface area contributed by atoms with E-state index in [-0.39, 0.29) is 11.7 Å². The number of benzene rings is 2. The van der Waals surface area contributed by atoms with Crippen molar-refractivity contribution in [2.75, 3.05) is 31.1 Å². The summed E-state index contributed by atoms with van der Waals surface area (Å²) < 4.78 is 13.3. The maximum Gasteiger partial charge on any atom is 0.253 e. The van der Waals surface area contributed by atoms with Gasteiger partial charge in [0, 0.05) is 55.3 Å². The van der Waals surface area contributed by atoms with Gasteiger partial charge in [0.25, 0.3) is 5.91 Å². The average Bonchev–Trinajstić information content (AvgIpc) is 3.72. The Kier molecular flexibility index (Phi) is 6.54.